The molecule has 2 amide bonds. The fourth-order valence-electron chi connectivity index (χ4n) is 3.57. The minimum Gasteiger partial charge on any atom is -0.467 e. The summed E-state index contributed by atoms with van der Waals surface area (Å²) in [5.74, 6) is -0.574. The Morgan fingerprint density at radius 1 is 1.25 bits per heavy atom. The monoisotopic (exact) mass is 384 g/mol. The van der Waals surface area contributed by atoms with Gasteiger partial charge < -0.3 is 15.1 Å². The highest BCUT2D eigenvalue weighted by atomic mass is 16.3. The number of hydrogen-bond donors (Lipinski definition) is 2. The van der Waals surface area contributed by atoms with Crippen molar-refractivity contribution >= 4 is 11.8 Å². The summed E-state index contributed by atoms with van der Waals surface area (Å²) in [5.41, 5.74) is 3.21. The van der Waals surface area contributed by atoms with Gasteiger partial charge in [-0.1, -0.05) is 11.6 Å². The minimum absolute atomic E-state index is 0.215. The van der Waals surface area contributed by atoms with E-state index in [1.807, 2.05) is 30.7 Å². The highest BCUT2D eigenvalue weighted by molar-refractivity contribution is 6.35. The molecular formula is C21H28N4O3. The smallest absolute Gasteiger partial charge is 0.309 e. The Hall–Kier alpha value is -2.83. The minimum atomic E-state index is -0.643. The molecule has 3 rings (SSSR count). The van der Waals surface area contributed by atoms with E-state index in [2.05, 4.69) is 21.8 Å². The summed E-state index contributed by atoms with van der Waals surface area (Å²) in [6.45, 7) is 4.56. The number of carbonyl (C=O) groups excluding carboxylic acids is 2. The first-order valence-corrected chi connectivity index (χ1v) is 9.84. The quantitative estimate of drug-likeness (QED) is 0.567. The van der Waals surface area contributed by atoms with Gasteiger partial charge in [-0.15, -0.1) is 0 Å². The molecule has 0 spiro atoms. The van der Waals surface area contributed by atoms with Gasteiger partial charge in [-0.2, -0.15) is 5.10 Å². The lowest BCUT2D eigenvalue weighted by Crippen LogP contribution is -2.42. The van der Waals surface area contributed by atoms with Gasteiger partial charge in [0, 0.05) is 18.8 Å². The number of aryl methyl sites for hydroxylation is 2. The summed E-state index contributed by atoms with van der Waals surface area (Å²) >= 11 is 0. The van der Waals surface area contributed by atoms with Crippen LogP contribution in [0.1, 0.15) is 55.3 Å². The van der Waals surface area contributed by atoms with Gasteiger partial charge in [-0.25, -0.2) is 0 Å². The van der Waals surface area contributed by atoms with Crippen LogP contribution in [0.2, 0.25) is 0 Å². The average molecular weight is 384 g/mol. The van der Waals surface area contributed by atoms with Crippen molar-refractivity contribution in [2.24, 2.45) is 0 Å². The molecule has 0 bridgehead atoms. The normalized spacial score (nSPS) is 15.0. The van der Waals surface area contributed by atoms with Crippen molar-refractivity contribution in [3.05, 3.63) is 53.3 Å². The lowest BCUT2D eigenvalue weighted by molar-refractivity contribution is -0.139. The molecule has 1 aliphatic carbocycles. The summed E-state index contributed by atoms with van der Waals surface area (Å²) in [6.07, 6.45) is 9.30. The summed E-state index contributed by atoms with van der Waals surface area (Å²) in [7, 11) is 0. The van der Waals surface area contributed by atoms with Gasteiger partial charge >= 0.3 is 11.8 Å². The predicted molar refractivity (Wildman–Crippen MR) is 106 cm³/mol. The Balaban J connectivity index is 1.54. The van der Waals surface area contributed by atoms with Crippen LogP contribution in [0, 0.1) is 13.8 Å². The molecule has 2 aromatic rings. The number of aromatic nitrogens is 2. The van der Waals surface area contributed by atoms with Gasteiger partial charge in [-0.05, 0) is 64.2 Å². The molecule has 7 heteroatoms. The van der Waals surface area contributed by atoms with Gasteiger partial charge in [0.2, 0.25) is 0 Å². The van der Waals surface area contributed by atoms with Crippen LogP contribution in [0.4, 0.5) is 0 Å². The lowest BCUT2D eigenvalue weighted by atomic mass is 9.97. The number of rotatable bonds is 7. The largest absolute Gasteiger partial charge is 0.467 e. The molecule has 2 heterocycles. The van der Waals surface area contributed by atoms with E-state index in [0.717, 1.165) is 30.7 Å². The van der Waals surface area contributed by atoms with E-state index in [-0.39, 0.29) is 12.6 Å². The Bertz CT molecular complexity index is 836. The Labute approximate surface area is 165 Å². The molecule has 28 heavy (non-hydrogen) atoms. The molecule has 7 nitrogen and oxygen atoms in total. The maximum absolute atomic E-state index is 12.2. The van der Waals surface area contributed by atoms with Crippen LogP contribution in [0.3, 0.4) is 0 Å². The van der Waals surface area contributed by atoms with Gasteiger partial charge in [0.25, 0.3) is 0 Å². The summed E-state index contributed by atoms with van der Waals surface area (Å²) < 4.78 is 7.33. The molecule has 0 aromatic carbocycles. The fourth-order valence-corrected chi connectivity index (χ4v) is 3.57. The van der Waals surface area contributed by atoms with E-state index >= 15 is 0 Å². The molecule has 1 aliphatic rings. The molecule has 0 fully saturated rings. The van der Waals surface area contributed by atoms with Crippen LogP contribution in [0.25, 0.3) is 0 Å². The van der Waals surface area contributed by atoms with E-state index in [1.165, 1.54) is 18.4 Å². The van der Waals surface area contributed by atoms with Crippen LogP contribution in [0.5, 0.6) is 0 Å². The third kappa shape index (κ3) is 5.12. The number of amides is 2. The van der Waals surface area contributed by atoms with Crippen molar-refractivity contribution in [1.29, 1.82) is 0 Å². The number of nitrogens with one attached hydrogen (secondary N) is 2. The molecule has 2 N–H and O–H groups in total. The standard InChI is InChI=1S/C21H28N4O3/c1-15-13-16(2)25(24-15)18(19-9-6-12-28-19)14-23-21(27)20(26)22-11-10-17-7-4-3-5-8-17/h6-7,9,12-13,18H,3-5,8,10-11,14H2,1-2H3,(H,22,26)(H,23,27). The van der Waals surface area contributed by atoms with Gasteiger partial charge in [-0.3, -0.25) is 14.3 Å². The highest BCUT2D eigenvalue weighted by Crippen LogP contribution is 2.21. The Morgan fingerprint density at radius 2 is 2.07 bits per heavy atom. The molecule has 0 aliphatic heterocycles. The van der Waals surface area contributed by atoms with Crippen LogP contribution in [-0.4, -0.2) is 34.7 Å². The summed E-state index contributed by atoms with van der Waals surface area (Å²) in [4.78, 5) is 24.3. The first-order chi connectivity index (χ1) is 13.5. The van der Waals surface area contributed by atoms with E-state index in [4.69, 9.17) is 4.42 Å². The van der Waals surface area contributed by atoms with Gasteiger partial charge in [0.15, 0.2) is 0 Å². The molecule has 1 unspecified atom stereocenters. The zero-order chi connectivity index (χ0) is 19.9. The van der Waals surface area contributed by atoms with Crippen molar-refractivity contribution in [2.45, 2.75) is 52.0 Å². The third-order valence-electron chi connectivity index (χ3n) is 4.99. The van der Waals surface area contributed by atoms with Crippen molar-refractivity contribution in [2.75, 3.05) is 13.1 Å². The predicted octanol–water partition coefficient (Wildman–Crippen LogP) is 2.81. The SMILES string of the molecule is Cc1cc(C)n(C(CNC(=O)C(=O)NCCC2=CCCCC2)c2ccco2)n1. The first kappa shape index (κ1) is 19.9. The zero-order valence-electron chi connectivity index (χ0n) is 16.5. The fraction of sp³-hybridized carbons (Fsp3) is 0.476. The first-order valence-electron chi connectivity index (χ1n) is 9.84. The van der Waals surface area contributed by atoms with Crippen molar-refractivity contribution in [3.63, 3.8) is 0 Å². The van der Waals surface area contributed by atoms with Crippen molar-refractivity contribution < 1.29 is 14.0 Å². The lowest BCUT2D eigenvalue weighted by Gasteiger charge is -2.18. The number of furan rings is 1. The molecule has 0 saturated heterocycles. The second-order valence-corrected chi connectivity index (χ2v) is 7.23. The van der Waals surface area contributed by atoms with E-state index in [0.29, 0.717) is 12.3 Å². The molecule has 150 valence electrons. The van der Waals surface area contributed by atoms with E-state index in [1.54, 1.807) is 12.3 Å². The Morgan fingerprint density at radius 3 is 2.71 bits per heavy atom. The zero-order valence-corrected chi connectivity index (χ0v) is 16.5. The van der Waals surface area contributed by atoms with Gasteiger partial charge in [0.1, 0.15) is 11.8 Å². The summed E-state index contributed by atoms with van der Waals surface area (Å²) in [6, 6.07) is 5.28. The molecule has 2 aromatic heterocycles. The van der Waals surface area contributed by atoms with Gasteiger partial charge in [0.05, 0.1) is 12.0 Å². The van der Waals surface area contributed by atoms with E-state index in [9.17, 15) is 9.59 Å². The van der Waals surface area contributed by atoms with Crippen molar-refractivity contribution in [3.8, 4) is 0 Å². The number of nitrogens with zero attached hydrogens (tertiary/aromatic N) is 2. The second kappa shape index (κ2) is 9.39. The maximum atomic E-state index is 12.2. The topological polar surface area (TPSA) is 89.2 Å². The highest BCUT2D eigenvalue weighted by Gasteiger charge is 2.22. The second-order valence-electron chi connectivity index (χ2n) is 7.23. The van der Waals surface area contributed by atoms with Crippen LogP contribution >= 0.6 is 0 Å². The molecular weight excluding hydrogens is 356 g/mol. The van der Waals surface area contributed by atoms with Crippen molar-refractivity contribution in [1.82, 2.24) is 20.4 Å². The number of allylic oxidation sites excluding steroid dienone is 1. The average Bonchev–Trinajstić information content (AvgIpc) is 3.33. The van der Waals surface area contributed by atoms with Crippen LogP contribution < -0.4 is 10.6 Å². The van der Waals surface area contributed by atoms with E-state index < -0.39 is 11.8 Å². The third-order valence-corrected chi connectivity index (χ3v) is 4.99. The number of hydrogen-bond acceptors (Lipinski definition) is 4. The molecule has 0 radical (unpaired) electrons. The molecule has 0 saturated carbocycles. The summed E-state index contributed by atoms with van der Waals surface area (Å²) in [5, 5.41) is 9.90. The van der Waals surface area contributed by atoms with Crippen LogP contribution in [0.15, 0.2) is 40.5 Å². The maximum Gasteiger partial charge on any atom is 0.309 e. The Kier molecular flexibility index (Phi) is 6.68. The van der Waals surface area contributed by atoms with Crippen LogP contribution in [-0.2, 0) is 9.59 Å². The number of carbonyl (C=O) groups is 2. The molecule has 1 atom stereocenters.